The van der Waals surface area contributed by atoms with Crippen LogP contribution in [0.4, 0.5) is 11.4 Å². The van der Waals surface area contributed by atoms with Crippen LogP contribution < -0.4 is 4.90 Å². The zero-order valence-electron chi connectivity index (χ0n) is 18.3. The third-order valence-corrected chi connectivity index (χ3v) is 4.60. The fourth-order valence-corrected chi connectivity index (χ4v) is 3.34. The smallest absolute Gasteiger partial charge is 0.374 e. The molecule has 30 heavy (non-hydrogen) atoms. The van der Waals surface area contributed by atoms with Crippen molar-refractivity contribution < 1.29 is 19.1 Å². The number of carbonyl (C=O) groups excluding carboxylic acids is 2. The maximum Gasteiger partial charge on any atom is 0.374 e. The summed E-state index contributed by atoms with van der Waals surface area (Å²) in [6, 6.07) is 12.4. The zero-order chi connectivity index (χ0) is 22.0. The van der Waals surface area contributed by atoms with Crippen LogP contribution in [0.5, 0.6) is 0 Å². The quantitative estimate of drug-likeness (QED) is 0.665. The average Bonchev–Trinajstić information content (AvgIpc) is 2.66. The Bertz CT molecular complexity index is 977. The molecule has 0 aliphatic carbocycles. The first-order valence-corrected chi connectivity index (χ1v) is 10.1. The van der Waals surface area contributed by atoms with Gasteiger partial charge in [0.2, 0.25) is 5.84 Å². The van der Waals surface area contributed by atoms with Gasteiger partial charge in [-0.25, -0.2) is 14.6 Å². The molecule has 2 aromatic carbocycles. The molecule has 0 radical (unpaired) electrons. The van der Waals surface area contributed by atoms with Gasteiger partial charge in [-0.2, -0.15) is 0 Å². The molecule has 0 saturated heterocycles. The second-order valence-electron chi connectivity index (χ2n) is 8.05. The third kappa shape index (κ3) is 4.53. The number of nitrogens with zero attached hydrogens (tertiary/aromatic N) is 2. The van der Waals surface area contributed by atoms with Crippen LogP contribution in [0.25, 0.3) is 0 Å². The molecule has 1 aliphatic heterocycles. The van der Waals surface area contributed by atoms with Gasteiger partial charge in [-0.15, -0.1) is 0 Å². The van der Waals surface area contributed by atoms with Crippen molar-refractivity contribution in [2.75, 3.05) is 4.90 Å². The molecule has 0 amide bonds. The molecule has 158 valence electrons. The summed E-state index contributed by atoms with van der Waals surface area (Å²) in [5.41, 5.74) is 3.98. The van der Waals surface area contributed by atoms with E-state index in [2.05, 4.69) is 4.99 Å². The van der Waals surface area contributed by atoms with Crippen molar-refractivity contribution in [3.8, 4) is 0 Å². The Morgan fingerprint density at radius 1 is 0.900 bits per heavy atom. The lowest BCUT2D eigenvalue weighted by atomic mass is 9.97. The molecule has 3 rings (SSSR count). The van der Waals surface area contributed by atoms with E-state index in [1.54, 1.807) is 32.6 Å². The van der Waals surface area contributed by atoms with Crippen molar-refractivity contribution in [3.05, 3.63) is 59.2 Å². The number of amidine groups is 1. The lowest BCUT2D eigenvalue weighted by Gasteiger charge is -2.36. The van der Waals surface area contributed by atoms with Gasteiger partial charge in [0, 0.05) is 11.3 Å². The number of benzene rings is 2. The number of carbonyl (C=O) groups is 2. The summed E-state index contributed by atoms with van der Waals surface area (Å²) in [4.78, 5) is 32.4. The van der Waals surface area contributed by atoms with Crippen molar-refractivity contribution in [3.63, 3.8) is 0 Å². The summed E-state index contributed by atoms with van der Waals surface area (Å²) in [5, 5.41) is 0. The monoisotopic (exact) mass is 408 g/mol. The van der Waals surface area contributed by atoms with Crippen molar-refractivity contribution in [1.29, 1.82) is 0 Å². The van der Waals surface area contributed by atoms with E-state index in [1.165, 1.54) is 0 Å². The maximum atomic E-state index is 13.3. The van der Waals surface area contributed by atoms with Crippen LogP contribution in [0, 0.1) is 13.8 Å². The largest absolute Gasteiger partial charge is 0.461 e. The predicted molar refractivity (Wildman–Crippen MR) is 117 cm³/mol. The Morgan fingerprint density at radius 2 is 1.50 bits per heavy atom. The Labute approximate surface area is 177 Å². The minimum absolute atomic E-state index is 0.0645. The molecule has 1 aliphatic rings. The SMILES string of the molecule is Cc1ccc(N2C(C(=O)OC(C)C)=Nc3ccc(C)cc3C2C(=O)OC(C)C)cc1. The fourth-order valence-electron chi connectivity index (χ4n) is 3.34. The molecular weight excluding hydrogens is 380 g/mol. The van der Waals surface area contributed by atoms with Crippen LogP contribution in [0.1, 0.15) is 50.4 Å². The van der Waals surface area contributed by atoms with E-state index in [-0.39, 0.29) is 18.0 Å². The van der Waals surface area contributed by atoms with Gasteiger partial charge < -0.3 is 14.4 Å². The molecule has 0 spiro atoms. The van der Waals surface area contributed by atoms with Gasteiger partial charge in [0.25, 0.3) is 0 Å². The molecule has 2 aromatic rings. The second kappa shape index (κ2) is 8.69. The Kier molecular flexibility index (Phi) is 6.25. The average molecular weight is 408 g/mol. The van der Waals surface area contributed by atoms with E-state index in [9.17, 15) is 9.59 Å². The minimum Gasteiger partial charge on any atom is -0.461 e. The number of fused-ring (bicyclic) bond motifs is 1. The van der Waals surface area contributed by atoms with E-state index < -0.39 is 18.0 Å². The highest BCUT2D eigenvalue weighted by Crippen LogP contribution is 2.39. The third-order valence-electron chi connectivity index (χ3n) is 4.60. The number of hydrogen-bond donors (Lipinski definition) is 0. The lowest BCUT2D eigenvalue weighted by Crippen LogP contribution is -2.46. The summed E-state index contributed by atoms with van der Waals surface area (Å²) in [7, 11) is 0. The fraction of sp³-hybridized carbons (Fsp3) is 0.375. The molecule has 6 nitrogen and oxygen atoms in total. The van der Waals surface area contributed by atoms with Crippen molar-refractivity contribution >= 4 is 29.1 Å². The standard InChI is InChI=1S/C24H28N2O4/c1-14(2)29-23(27)21-19-13-17(6)9-12-20(19)25-22(24(28)30-15(3)4)26(21)18-10-7-16(5)8-11-18/h7-15,21H,1-6H3. The number of anilines is 1. The summed E-state index contributed by atoms with van der Waals surface area (Å²) in [5.74, 6) is -0.962. The van der Waals surface area contributed by atoms with Gasteiger partial charge in [0.05, 0.1) is 17.9 Å². The summed E-state index contributed by atoms with van der Waals surface area (Å²) in [6.45, 7) is 11.1. The first-order valence-electron chi connectivity index (χ1n) is 10.1. The Hall–Kier alpha value is -3.15. The topological polar surface area (TPSA) is 68.2 Å². The van der Waals surface area contributed by atoms with Crippen molar-refractivity contribution in [2.24, 2.45) is 4.99 Å². The summed E-state index contributed by atoms with van der Waals surface area (Å²) < 4.78 is 11.0. The summed E-state index contributed by atoms with van der Waals surface area (Å²) in [6.07, 6.45) is -0.615. The second-order valence-corrected chi connectivity index (χ2v) is 8.05. The molecule has 0 aromatic heterocycles. The number of aliphatic imine (C=N–C) groups is 1. The minimum atomic E-state index is -0.850. The first-order chi connectivity index (χ1) is 14.2. The van der Waals surface area contributed by atoms with Crippen LogP contribution in [-0.2, 0) is 19.1 Å². The number of hydrogen-bond acceptors (Lipinski definition) is 6. The van der Waals surface area contributed by atoms with Crippen LogP contribution in [0.3, 0.4) is 0 Å². The number of esters is 2. The van der Waals surface area contributed by atoms with Gasteiger partial charge in [0.15, 0.2) is 6.04 Å². The highest BCUT2D eigenvalue weighted by Gasteiger charge is 2.41. The van der Waals surface area contributed by atoms with Gasteiger partial charge in [0.1, 0.15) is 0 Å². The van der Waals surface area contributed by atoms with E-state index in [1.807, 2.05) is 56.3 Å². The first kappa shape index (κ1) is 21.6. The van der Waals surface area contributed by atoms with Crippen molar-refractivity contribution in [2.45, 2.75) is 59.8 Å². The molecule has 0 fully saturated rings. The van der Waals surface area contributed by atoms with Crippen LogP contribution >= 0.6 is 0 Å². The van der Waals surface area contributed by atoms with Crippen LogP contribution in [-0.4, -0.2) is 30.0 Å². The molecule has 0 bridgehead atoms. The van der Waals surface area contributed by atoms with Gasteiger partial charge in [-0.3, -0.25) is 0 Å². The van der Waals surface area contributed by atoms with Gasteiger partial charge in [-0.1, -0.05) is 35.4 Å². The Morgan fingerprint density at radius 3 is 2.10 bits per heavy atom. The van der Waals surface area contributed by atoms with E-state index in [0.717, 1.165) is 11.1 Å². The van der Waals surface area contributed by atoms with E-state index in [0.29, 0.717) is 16.9 Å². The molecule has 1 unspecified atom stereocenters. The number of ether oxygens (including phenoxy) is 2. The molecule has 6 heteroatoms. The maximum absolute atomic E-state index is 13.3. The molecular formula is C24H28N2O4. The predicted octanol–water partition coefficient (Wildman–Crippen LogP) is 4.80. The lowest BCUT2D eigenvalue weighted by molar-refractivity contribution is -0.149. The highest BCUT2D eigenvalue weighted by atomic mass is 16.5. The summed E-state index contributed by atoms with van der Waals surface area (Å²) >= 11 is 0. The highest BCUT2D eigenvalue weighted by molar-refractivity contribution is 6.42. The van der Waals surface area contributed by atoms with Crippen LogP contribution in [0.2, 0.25) is 0 Å². The normalized spacial score (nSPS) is 15.7. The van der Waals surface area contributed by atoms with Gasteiger partial charge in [-0.05, 0) is 59.7 Å². The number of aryl methyl sites for hydroxylation is 2. The van der Waals surface area contributed by atoms with E-state index >= 15 is 0 Å². The number of rotatable bonds is 5. The van der Waals surface area contributed by atoms with Crippen molar-refractivity contribution in [1.82, 2.24) is 0 Å². The van der Waals surface area contributed by atoms with Crippen LogP contribution in [0.15, 0.2) is 47.5 Å². The molecule has 0 saturated carbocycles. The van der Waals surface area contributed by atoms with E-state index in [4.69, 9.17) is 9.47 Å². The zero-order valence-corrected chi connectivity index (χ0v) is 18.3. The molecule has 1 atom stereocenters. The molecule has 1 heterocycles. The van der Waals surface area contributed by atoms with Gasteiger partial charge >= 0.3 is 11.9 Å². The molecule has 0 N–H and O–H groups in total. The Balaban J connectivity index is 2.22.